The second-order valence-electron chi connectivity index (χ2n) is 5.11. The van der Waals surface area contributed by atoms with Gasteiger partial charge >= 0.3 is 0 Å². The van der Waals surface area contributed by atoms with Crippen LogP contribution in [-0.2, 0) is 10.0 Å². The summed E-state index contributed by atoms with van der Waals surface area (Å²) in [4.78, 5) is 13.8. The molecule has 0 atom stereocenters. The Morgan fingerprint density at radius 1 is 1.04 bits per heavy atom. The molecular formula is C15H15FN2O3S2. The summed E-state index contributed by atoms with van der Waals surface area (Å²) < 4.78 is 40.2. The van der Waals surface area contributed by atoms with Gasteiger partial charge < -0.3 is 4.90 Å². The third-order valence-corrected chi connectivity index (χ3v) is 6.99. The van der Waals surface area contributed by atoms with E-state index < -0.39 is 21.7 Å². The van der Waals surface area contributed by atoms with E-state index in [1.165, 1.54) is 38.7 Å². The maximum absolute atomic E-state index is 13.7. The molecule has 0 aliphatic carbocycles. The summed E-state index contributed by atoms with van der Waals surface area (Å²) in [5.41, 5.74) is 0.0158. The minimum atomic E-state index is -3.50. The fraction of sp³-hybridized carbons (Fsp3) is 0.267. The molecule has 23 heavy (non-hydrogen) atoms. The first-order valence-electron chi connectivity index (χ1n) is 7.07. The fourth-order valence-corrected chi connectivity index (χ4v) is 5.04. The maximum atomic E-state index is 13.7. The van der Waals surface area contributed by atoms with Crippen molar-refractivity contribution < 1.29 is 17.6 Å². The van der Waals surface area contributed by atoms with Crippen LogP contribution in [0.4, 0.5) is 4.39 Å². The molecule has 1 aliphatic rings. The van der Waals surface area contributed by atoms with Crippen LogP contribution >= 0.6 is 11.3 Å². The zero-order valence-corrected chi connectivity index (χ0v) is 13.8. The first kappa shape index (κ1) is 16.1. The van der Waals surface area contributed by atoms with Gasteiger partial charge in [0.05, 0.1) is 5.56 Å². The highest BCUT2D eigenvalue weighted by molar-refractivity contribution is 7.91. The number of piperazine rings is 1. The van der Waals surface area contributed by atoms with E-state index in [0.717, 1.165) is 0 Å². The number of carbonyl (C=O) groups is 1. The third-order valence-electron chi connectivity index (χ3n) is 3.72. The Hall–Kier alpha value is -1.77. The number of thiophene rings is 1. The van der Waals surface area contributed by atoms with Crippen molar-refractivity contribution in [1.29, 1.82) is 0 Å². The van der Waals surface area contributed by atoms with Gasteiger partial charge in [-0.25, -0.2) is 12.8 Å². The normalized spacial score (nSPS) is 16.5. The molecule has 2 heterocycles. The van der Waals surface area contributed by atoms with Gasteiger partial charge in [0.2, 0.25) is 0 Å². The van der Waals surface area contributed by atoms with Crippen LogP contribution in [0.2, 0.25) is 0 Å². The van der Waals surface area contributed by atoms with Gasteiger partial charge in [0.25, 0.3) is 15.9 Å². The van der Waals surface area contributed by atoms with Gasteiger partial charge in [0, 0.05) is 26.2 Å². The zero-order valence-electron chi connectivity index (χ0n) is 12.2. The Bertz CT molecular complexity index is 798. The van der Waals surface area contributed by atoms with Crippen molar-refractivity contribution >= 4 is 27.3 Å². The molecule has 0 saturated carbocycles. The molecule has 8 heteroatoms. The number of sulfonamides is 1. The molecular weight excluding hydrogens is 339 g/mol. The molecule has 1 saturated heterocycles. The van der Waals surface area contributed by atoms with E-state index in [9.17, 15) is 17.6 Å². The van der Waals surface area contributed by atoms with E-state index in [1.807, 2.05) is 0 Å². The predicted molar refractivity (Wildman–Crippen MR) is 85.4 cm³/mol. The minimum Gasteiger partial charge on any atom is -0.336 e. The van der Waals surface area contributed by atoms with Crippen LogP contribution in [0.1, 0.15) is 10.4 Å². The monoisotopic (exact) mass is 354 g/mol. The highest BCUT2D eigenvalue weighted by Crippen LogP contribution is 2.22. The molecule has 0 spiro atoms. The SMILES string of the molecule is O=C(c1ccccc1F)N1CCN(S(=O)(=O)c2cccs2)CC1. The predicted octanol–water partition coefficient (Wildman–Crippen LogP) is 2.03. The van der Waals surface area contributed by atoms with Crippen molar-refractivity contribution in [2.24, 2.45) is 0 Å². The molecule has 1 aromatic heterocycles. The van der Waals surface area contributed by atoms with Crippen LogP contribution in [0.25, 0.3) is 0 Å². The molecule has 0 bridgehead atoms. The molecule has 0 radical (unpaired) electrons. The van der Waals surface area contributed by atoms with Gasteiger partial charge in [-0.2, -0.15) is 4.31 Å². The van der Waals surface area contributed by atoms with E-state index in [1.54, 1.807) is 23.6 Å². The Kier molecular flexibility index (Phi) is 4.47. The number of hydrogen-bond acceptors (Lipinski definition) is 4. The highest BCUT2D eigenvalue weighted by atomic mass is 32.2. The van der Waals surface area contributed by atoms with Crippen molar-refractivity contribution in [2.45, 2.75) is 4.21 Å². The molecule has 0 unspecified atom stereocenters. The van der Waals surface area contributed by atoms with Crippen LogP contribution in [0.3, 0.4) is 0 Å². The number of halogens is 1. The lowest BCUT2D eigenvalue weighted by Crippen LogP contribution is -2.50. The largest absolute Gasteiger partial charge is 0.336 e. The van der Waals surface area contributed by atoms with E-state index in [0.29, 0.717) is 4.21 Å². The van der Waals surface area contributed by atoms with Crippen molar-refractivity contribution in [1.82, 2.24) is 9.21 Å². The standard InChI is InChI=1S/C15H15FN2O3S2/c16-13-5-2-1-4-12(13)15(19)17-7-9-18(10-8-17)23(20,21)14-6-3-11-22-14/h1-6,11H,7-10H2. The second-order valence-corrected chi connectivity index (χ2v) is 8.22. The first-order chi connectivity index (χ1) is 11.0. The maximum Gasteiger partial charge on any atom is 0.256 e. The van der Waals surface area contributed by atoms with Gasteiger partial charge in [-0.05, 0) is 23.6 Å². The number of amides is 1. The summed E-state index contributed by atoms with van der Waals surface area (Å²) in [5, 5.41) is 1.71. The van der Waals surface area contributed by atoms with E-state index >= 15 is 0 Å². The Morgan fingerprint density at radius 2 is 1.74 bits per heavy atom. The fourth-order valence-electron chi connectivity index (χ4n) is 2.47. The minimum absolute atomic E-state index is 0.0158. The molecule has 1 aromatic carbocycles. The molecule has 1 amide bonds. The Balaban J connectivity index is 1.70. The van der Waals surface area contributed by atoms with Gasteiger partial charge in [-0.1, -0.05) is 18.2 Å². The molecule has 5 nitrogen and oxygen atoms in total. The molecule has 0 N–H and O–H groups in total. The van der Waals surface area contributed by atoms with Gasteiger partial charge in [-0.3, -0.25) is 4.79 Å². The van der Waals surface area contributed by atoms with Crippen molar-refractivity contribution in [3.05, 3.63) is 53.2 Å². The summed E-state index contributed by atoms with van der Waals surface area (Å²) in [6.45, 7) is 0.913. The van der Waals surface area contributed by atoms with Gasteiger partial charge in [0.1, 0.15) is 10.0 Å². The lowest BCUT2D eigenvalue weighted by molar-refractivity contribution is 0.0693. The number of hydrogen-bond donors (Lipinski definition) is 0. The molecule has 2 aromatic rings. The lowest BCUT2D eigenvalue weighted by atomic mass is 10.1. The highest BCUT2D eigenvalue weighted by Gasteiger charge is 2.31. The summed E-state index contributed by atoms with van der Waals surface area (Å²) in [5.74, 6) is -0.970. The average molecular weight is 354 g/mol. The topological polar surface area (TPSA) is 57.7 Å². The number of nitrogens with zero attached hydrogens (tertiary/aromatic N) is 2. The molecule has 1 aliphatic heterocycles. The molecule has 3 rings (SSSR count). The summed E-state index contributed by atoms with van der Waals surface area (Å²) in [6.07, 6.45) is 0. The number of benzene rings is 1. The van der Waals surface area contributed by atoms with Crippen LogP contribution < -0.4 is 0 Å². The van der Waals surface area contributed by atoms with Crippen LogP contribution in [0.15, 0.2) is 46.0 Å². The van der Waals surface area contributed by atoms with E-state index in [2.05, 4.69) is 0 Å². The van der Waals surface area contributed by atoms with Crippen LogP contribution in [0, 0.1) is 5.82 Å². The summed E-state index contributed by atoms with van der Waals surface area (Å²) in [7, 11) is -3.50. The Morgan fingerprint density at radius 3 is 2.35 bits per heavy atom. The average Bonchev–Trinajstić information content (AvgIpc) is 3.10. The smallest absolute Gasteiger partial charge is 0.256 e. The molecule has 1 fully saturated rings. The second kappa shape index (κ2) is 6.38. The first-order valence-corrected chi connectivity index (χ1v) is 9.39. The van der Waals surface area contributed by atoms with E-state index in [-0.39, 0.29) is 31.7 Å². The van der Waals surface area contributed by atoms with Gasteiger partial charge in [0.15, 0.2) is 0 Å². The molecule has 122 valence electrons. The quantitative estimate of drug-likeness (QED) is 0.847. The Labute approximate surface area is 138 Å². The summed E-state index contributed by atoms with van der Waals surface area (Å²) in [6, 6.07) is 9.06. The van der Waals surface area contributed by atoms with Crippen LogP contribution in [-0.4, -0.2) is 49.7 Å². The summed E-state index contributed by atoms with van der Waals surface area (Å²) >= 11 is 1.17. The van der Waals surface area contributed by atoms with Crippen molar-refractivity contribution in [3.8, 4) is 0 Å². The van der Waals surface area contributed by atoms with Crippen molar-refractivity contribution in [2.75, 3.05) is 26.2 Å². The lowest BCUT2D eigenvalue weighted by Gasteiger charge is -2.33. The zero-order chi connectivity index (χ0) is 16.4. The van der Waals surface area contributed by atoms with Crippen molar-refractivity contribution in [3.63, 3.8) is 0 Å². The third kappa shape index (κ3) is 3.15. The van der Waals surface area contributed by atoms with E-state index in [4.69, 9.17) is 0 Å². The van der Waals surface area contributed by atoms with Crippen LogP contribution in [0.5, 0.6) is 0 Å². The van der Waals surface area contributed by atoms with Gasteiger partial charge in [-0.15, -0.1) is 11.3 Å². The number of rotatable bonds is 3. The number of carbonyl (C=O) groups excluding carboxylic acids is 1.